The molecule has 0 spiro atoms. The summed E-state index contributed by atoms with van der Waals surface area (Å²) in [6.45, 7) is 1.97. The van der Waals surface area contributed by atoms with Gasteiger partial charge in [0.2, 0.25) is 5.91 Å². The van der Waals surface area contributed by atoms with E-state index in [0.29, 0.717) is 6.42 Å². The van der Waals surface area contributed by atoms with Crippen molar-refractivity contribution in [2.75, 3.05) is 33.3 Å². The summed E-state index contributed by atoms with van der Waals surface area (Å²) < 4.78 is 11.5. The van der Waals surface area contributed by atoms with Crippen molar-refractivity contribution in [2.45, 2.75) is 50.6 Å². The second-order valence-corrected chi connectivity index (χ2v) is 9.68. The molecule has 1 saturated heterocycles. The van der Waals surface area contributed by atoms with Crippen LogP contribution in [0.2, 0.25) is 0 Å². The van der Waals surface area contributed by atoms with Gasteiger partial charge in [-0.3, -0.25) is 14.5 Å². The van der Waals surface area contributed by atoms with Gasteiger partial charge in [-0.2, -0.15) is 0 Å². The topological polar surface area (TPSA) is 108 Å². The fraction of sp³-hybridized carbons (Fsp3) is 0.464. The molecule has 2 heterocycles. The van der Waals surface area contributed by atoms with E-state index in [9.17, 15) is 19.5 Å². The average Bonchev–Trinajstić information content (AvgIpc) is 2.90. The minimum atomic E-state index is -0.981. The second kappa shape index (κ2) is 12.8. The summed E-state index contributed by atoms with van der Waals surface area (Å²) in [6.07, 6.45) is 1.48. The summed E-state index contributed by atoms with van der Waals surface area (Å²) in [5.74, 6) is -1.76. The van der Waals surface area contributed by atoms with Gasteiger partial charge in [-0.1, -0.05) is 54.6 Å². The third-order valence-corrected chi connectivity index (χ3v) is 6.97. The number of rotatable bonds is 10. The molecule has 9 nitrogen and oxygen atoms in total. The zero-order chi connectivity index (χ0) is 26.2. The molecule has 198 valence electrons. The molecule has 4 rings (SSSR count). The van der Waals surface area contributed by atoms with Gasteiger partial charge in [0, 0.05) is 26.1 Å². The zero-order valence-corrected chi connectivity index (χ0v) is 21.2. The van der Waals surface area contributed by atoms with Crippen LogP contribution in [0.15, 0.2) is 54.6 Å². The summed E-state index contributed by atoms with van der Waals surface area (Å²) >= 11 is 0. The Kier molecular flexibility index (Phi) is 9.27. The summed E-state index contributed by atoms with van der Waals surface area (Å²) in [7, 11) is 2.07. The summed E-state index contributed by atoms with van der Waals surface area (Å²) in [4.78, 5) is 41.7. The number of nitrogens with one attached hydrogen (secondary N) is 1. The standard InChI is InChI=1S/C28H35N3O6/c1-30-14-11-22(12-15-30)36-19-25(32)29-24-17-21-9-5-6-10-23(21)27(31(24)16-13-26(33)34)28(35)37-18-20-7-3-2-4-8-20/h2-10,22,24,27H,11-19H2,1H3,(H,29,32)(H,33,34). The van der Waals surface area contributed by atoms with Crippen LogP contribution in [0.25, 0.3) is 0 Å². The molecule has 0 aliphatic carbocycles. The molecule has 2 aliphatic rings. The molecule has 2 aliphatic heterocycles. The lowest BCUT2D eigenvalue weighted by Crippen LogP contribution is -2.56. The van der Waals surface area contributed by atoms with Gasteiger partial charge >= 0.3 is 11.9 Å². The lowest BCUT2D eigenvalue weighted by molar-refractivity contribution is -0.156. The number of carbonyl (C=O) groups is 3. The minimum absolute atomic E-state index is 0.0397. The van der Waals surface area contributed by atoms with Gasteiger partial charge in [-0.05, 0) is 36.6 Å². The molecule has 2 N–H and O–H groups in total. The van der Waals surface area contributed by atoms with E-state index in [1.165, 1.54) is 0 Å². The Bertz CT molecular complexity index is 1070. The number of hydrogen-bond donors (Lipinski definition) is 2. The van der Waals surface area contributed by atoms with Gasteiger partial charge in [-0.15, -0.1) is 0 Å². The van der Waals surface area contributed by atoms with Crippen LogP contribution in [0.5, 0.6) is 0 Å². The molecule has 2 unspecified atom stereocenters. The van der Waals surface area contributed by atoms with E-state index in [1.807, 2.05) is 54.6 Å². The van der Waals surface area contributed by atoms with Crippen LogP contribution < -0.4 is 5.32 Å². The number of benzene rings is 2. The maximum Gasteiger partial charge on any atom is 0.328 e. The van der Waals surface area contributed by atoms with Crippen molar-refractivity contribution in [3.8, 4) is 0 Å². The molecule has 2 aromatic rings. The number of fused-ring (bicyclic) bond motifs is 1. The molecule has 0 bridgehead atoms. The van der Waals surface area contributed by atoms with Crippen molar-refractivity contribution >= 4 is 17.8 Å². The molecular formula is C28H35N3O6. The van der Waals surface area contributed by atoms with Crippen molar-refractivity contribution < 1.29 is 29.0 Å². The summed E-state index contributed by atoms with van der Waals surface area (Å²) in [6, 6.07) is 16.1. The highest BCUT2D eigenvalue weighted by molar-refractivity contribution is 5.80. The van der Waals surface area contributed by atoms with Crippen LogP contribution in [0.4, 0.5) is 0 Å². The van der Waals surface area contributed by atoms with Crippen LogP contribution in [-0.4, -0.2) is 78.3 Å². The van der Waals surface area contributed by atoms with Crippen LogP contribution in [-0.2, 0) is 36.9 Å². The number of carbonyl (C=O) groups excluding carboxylic acids is 2. The third-order valence-electron chi connectivity index (χ3n) is 6.97. The number of likely N-dealkylation sites (tertiary alicyclic amines) is 1. The average molecular weight is 510 g/mol. The molecule has 2 aromatic carbocycles. The number of ether oxygens (including phenoxy) is 2. The lowest BCUT2D eigenvalue weighted by atomic mass is 9.90. The predicted octanol–water partition coefficient (Wildman–Crippen LogP) is 2.36. The number of carboxylic acid groups (broad SMARTS) is 1. The van der Waals surface area contributed by atoms with Crippen molar-refractivity contribution in [3.05, 3.63) is 71.3 Å². The fourth-order valence-corrected chi connectivity index (χ4v) is 4.96. The smallest absolute Gasteiger partial charge is 0.328 e. The predicted molar refractivity (Wildman–Crippen MR) is 136 cm³/mol. The highest BCUT2D eigenvalue weighted by atomic mass is 16.5. The third kappa shape index (κ3) is 7.38. The van der Waals surface area contributed by atoms with Gasteiger partial charge in [0.15, 0.2) is 0 Å². The minimum Gasteiger partial charge on any atom is -0.481 e. The first kappa shape index (κ1) is 26.8. The number of nitrogens with zero attached hydrogens (tertiary/aromatic N) is 2. The molecule has 37 heavy (non-hydrogen) atoms. The molecule has 0 aromatic heterocycles. The Hall–Kier alpha value is -3.27. The van der Waals surface area contributed by atoms with Crippen LogP contribution in [0.1, 0.15) is 42.0 Å². The maximum absolute atomic E-state index is 13.4. The Morgan fingerprint density at radius 2 is 1.73 bits per heavy atom. The number of piperidine rings is 1. The quantitative estimate of drug-likeness (QED) is 0.470. The van der Waals surface area contributed by atoms with E-state index in [4.69, 9.17) is 9.47 Å². The highest BCUT2D eigenvalue weighted by Crippen LogP contribution is 2.34. The maximum atomic E-state index is 13.4. The van der Waals surface area contributed by atoms with Crippen molar-refractivity contribution in [1.29, 1.82) is 0 Å². The normalized spacial score (nSPS) is 20.7. The summed E-state index contributed by atoms with van der Waals surface area (Å²) in [5, 5.41) is 12.4. The summed E-state index contributed by atoms with van der Waals surface area (Å²) in [5.41, 5.74) is 2.53. The van der Waals surface area contributed by atoms with Gasteiger partial charge in [-0.25, -0.2) is 4.79 Å². The number of hydrogen-bond acceptors (Lipinski definition) is 7. The second-order valence-electron chi connectivity index (χ2n) is 9.68. The number of amides is 1. The van der Waals surface area contributed by atoms with Crippen LogP contribution >= 0.6 is 0 Å². The Morgan fingerprint density at radius 1 is 1.03 bits per heavy atom. The van der Waals surface area contributed by atoms with Crippen molar-refractivity contribution in [3.63, 3.8) is 0 Å². The van der Waals surface area contributed by atoms with Gasteiger partial charge < -0.3 is 24.8 Å². The number of esters is 1. The van der Waals surface area contributed by atoms with E-state index in [-0.39, 0.29) is 38.2 Å². The first-order valence-corrected chi connectivity index (χ1v) is 12.8. The Morgan fingerprint density at radius 3 is 2.46 bits per heavy atom. The monoisotopic (exact) mass is 509 g/mol. The lowest BCUT2D eigenvalue weighted by Gasteiger charge is -2.42. The van der Waals surface area contributed by atoms with E-state index in [0.717, 1.165) is 42.6 Å². The van der Waals surface area contributed by atoms with Gasteiger partial charge in [0.25, 0.3) is 0 Å². The number of carboxylic acids is 1. The van der Waals surface area contributed by atoms with Gasteiger partial charge in [0.1, 0.15) is 19.3 Å². The van der Waals surface area contributed by atoms with Crippen LogP contribution in [0, 0.1) is 0 Å². The first-order valence-electron chi connectivity index (χ1n) is 12.8. The molecule has 2 atom stereocenters. The zero-order valence-electron chi connectivity index (χ0n) is 21.2. The SMILES string of the molecule is CN1CCC(OCC(=O)NC2Cc3ccccc3C(C(=O)OCc3ccccc3)N2CCC(=O)O)CC1. The molecule has 0 saturated carbocycles. The first-order chi connectivity index (χ1) is 17.9. The van der Waals surface area contributed by atoms with E-state index >= 15 is 0 Å². The Balaban J connectivity index is 1.49. The molecular weight excluding hydrogens is 474 g/mol. The van der Waals surface area contributed by atoms with Crippen molar-refractivity contribution in [1.82, 2.24) is 15.1 Å². The molecule has 9 heteroatoms. The largest absolute Gasteiger partial charge is 0.481 e. The van der Waals surface area contributed by atoms with E-state index in [2.05, 4.69) is 17.3 Å². The van der Waals surface area contributed by atoms with Gasteiger partial charge in [0.05, 0.1) is 18.7 Å². The molecule has 0 radical (unpaired) electrons. The van der Waals surface area contributed by atoms with E-state index in [1.54, 1.807) is 4.90 Å². The van der Waals surface area contributed by atoms with E-state index < -0.39 is 24.1 Å². The van der Waals surface area contributed by atoms with Crippen molar-refractivity contribution in [2.24, 2.45) is 0 Å². The fourth-order valence-electron chi connectivity index (χ4n) is 4.96. The Labute approximate surface area is 217 Å². The van der Waals surface area contributed by atoms with Crippen LogP contribution in [0.3, 0.4) is 0 Å². The highest BCUT2D eigenvalue weighted by Gasteiger charge is 2.40. The number of aliphatic carboxylic acids is 1. The molecule has 1 amide bonds. The molecule has 1 fully saturated rings.